The molecule has 1 aliphatic carbocycles. The number of nitrogens with zero attached hydrogens (tertiary/aromatic N) is 1. The molecule has 0 aromatic heterocycles. The number of rotatable bonds is 4. The Balaban J connectivity index is 1.76. The zero-order chi connectivity index (χ0) is 16.8. The predicted octanol–water partition coefficient (Wildman–Crippen LogP) is 3.33. The van der Waals surface area contributed by atoms with Crippen LogP contribution in [0.3, 0.4) is 0 Å². The van der Waals surface area contributed by atoms with E-state index in [9.17, 15) is 22.4 Å². The summed E-state index contributed by atoms with van der Waals surface area (Å²) in [5, 5.41) is 0. The Kier molecular flexibility index (Phi) is 3.77. The van der Waals surface area contributed by atoms with E-state index in [-0.39, 0.29) is 17.2 Å². The number of alkyl halides is 3. The number of hydrogen-bond donors (Lipinski definition) is 1. The normalized spacial score (nSPS) is 23.1. The van der Waals surface area contributed by atoms with Crippen LogP contribution in [-0.2, 0) is 11.0 Å². The summed E-state index contributed by atoms with van der Waals surface area (Å²) >= 11 is 0. The lowest BCUT2D eigenvalue weighted by Gasteiger charge is -2.24. The average molecular weight is 330 g/mol. The quantitative estimate of drug-likeness (QED) is 0.861. The summed E-state index contributed by atoms with van der Waals surface area (Å²) in [6, 6.07) is 3.10. The first-order valence-electron chi connectivity index (χ1n) is 7.61. The van der Waals surface area contributed by atoms with E-state index in [2.05, 4.69) is 0 Å². The Hall–Kier alpha value is -1.79. The molecule has 3 rings (SSSR count). The minimum atomic E-state index is -4.71. The third-order valence-electron chi connectivity index (χ3n) is 5.09. The summed E-state index contributed by atoms with van der Waals surface area (Å²) in [5.74, 6) is -1.35. The molecule has 1 saturated carbocycles. The minimum absolute atomic E-state index is 0.0759. The molecule has 3 nitrogen and oxygen atoms in total. The average Bonchev–Trinajstić information content (AvgIpc) is 3.03. The zero-order valence-corrected chi connectivity index (χ0v) is 12.5. The topological polar surface area (TPSA) is 46.3 Å². The van der Waals surface area contributed by atoms with Crippen LogP contribution in [0.4, 0.5) is 23.2 Å². The minimum Gasteiger partial charge on any atom is -0.371 e. The number of anilines is 1. The van der Waals surface area contributed by atoms with Gasteiger partial charge >= 0.3 is 6.18 Å². The maximum absolute atomic E-state index is 13.4. The number of amides is 1. The van der Waals surface area contributed by atoms with Gasteiger partial charge in [-0.25, -0.2) is 4.39 Å². The molecular formula is C16H18F4N2O. The van der Waals surface area contributed by atoms with Crippen LogP contribution < -0.4 is 10.6 Å². The molecule has 0 radical (unpaired) electrons. The van der Waals surface area contributed by atoms with Crippen molar-refractivity contribution >= 4 is 11.6 Å². The van der Waals surface area contributed by atoms with Gasteiger partial charge in [0.05, 0.1) is 5.56 Å². The SMILES string of the molecule is NC(=O)CC1([C@H]2CCN(c3ccc(F)c(C(F)(F)F)c3)C2)CC1. The van der Waals surface area contributed by atoms with Gasteiger partial charge < -0.3 is 10.6 Å². The molecule has 0 spiro atoms. The summed E-state index contributed by atoms with van der Waals surface area (Å²) in [7, 11) is 0. The van der Waals surface area contributed by atoms with E-state index in [1.54, 1.807) is 0 Å². The van der Waals surface area contributed by atoms with E-state index in [4.69, 9.17) is 5.73 Å². The monoisotopic (exact) mass is 330 g/mol. The van der Waals surface area contributed by atoms with Crippen LogP contribution in [0.15, 0.2) is 18.2 Å². The molecule has 126 valence electrons. The van der Waals surface area contributed by atoms with Crippen molar-refractivity contribution in [2.75, 3.05) is 18.0 Å². The molecule has 2 fully saturated rings. The third-order valence-corrected chi connectivity index (χ3v) is 5.09. The van der Waals surface area contributed by atoms with Crippen molar-refractivity contribution in [3.8, 4) is 0 Å². The molecular weight excluding hydrogens is 312 g/mol. The summed E-state index contributed by atoms with van der Waals surface area (Å²) in [4.78, 5) is 13.0. The fourth-order valence-corrected chi connectivity index (χ4v) is 3.66. The van der Waals surface area contributed by atoms with Crippen molar-refractivity contribution in [1.29, 1.82) is 0 Å². The fraction of sp³-hybridized carbons (Fsp3) is 0.562. The fourth-order valence-electron chi connectivity index (χ4n) is 3.66. The highest BCUT2D eigenvalue weighted by Crippen LogP contribution is 2.57. The molecule has 1 atom stereocenters. The maximum Gasteiger partial charge on any atom is 0.419 e. The molecule has 1 aliphatic heterocycles. The highest BCUT2D eigenvalue weighted by Gasteiger charge is 2.51. The first-order chi connectivity index (χ1) is 10.7. The van der Waals surface area contributed by atoms with E-state index in [1.807, 2.05) is 4.90 Å². The van der Waals surface area contributed by atoms with Crippen molar-refractivity contribution in [2.45, 2.75) is 31.9 Å². The van der Waals surface area contributed by atoms with Crippen LogP contribution >= 0.6 is 0 Å². The van der Waals surface area contributed by atoms with Crippen molar-refractivity contribution in [1.82, 2.24) is 0 Å². The van der Waals surface area contributed by atoms with Gasteiger partial charge in [0.25, 0.3) is 0 Å². The van der Waals surface area contributed by atoms with Crippen LogP contribution in [0.1, 0.15) is 31.2 Å². The van der Waals surface area contributed by atoms with Crippen molar-refractivity contribution in [3.05, 3.63) is 29.6 Å². The van der Waals surface area contributed by atoms with Gasteiger partial charge in [-0.2, -0.15) is 13.2 Å². The number of nitrogens with two attached hydrogens (primary N) is 1. The molecule has 2 N–H and O–H groups in total. The first kappa shape index (κ1) is 16.1. The number of halogens is 4. The third kappa shape index (κ3) is 3.14. The number of primary amides is 1. The molecule has 1 aromatic carbocycles. The molecule has 0 bridgehead atoms. The summed E-state index contributed by atoms with van der Waals surface area (Å²) in [6.45, 7) is 1.18. The Labute approximate surface area is 131 Å². The van der Waals surface area contributed by atoms with E-state index >= 15 is 0 Å². The van der Waals surface area contributed by atoms with Crippen molar-refractivity contribution < 1.29 is 22.4 Å². The molecule has 0 unspecified atom stereocenters. The summed E-state index contributed by atoms with van der Waals surface area (Å²) in [5.41, 5.74) is 4.35. The Morgan fingerprint density at radius 2 is 2.04 bits per heavy atom. The maximum atomic E-state index is 13.4. The van der Waals surface area contributed by atoms with Gasteiger partial charge in [0.2, 0.25) is 5.91 Å². The molecule has 1 heterocycles. The highest BCUT2D eigenvalue weighted by molar-refractivity contribution is 5.75. The molecule has 1 amide bonds. The van der Waals surface area contributed by atoms with Gasteiger partial charge in [0.15, 0.2) is 0 Å². The lowest BCUT2D eigenvalue weighted by molar-refractivity contribution is -0.140. The van der Waals surface area contributed by atoms with Crippen LogP contribution in [0.25, 0.3) is 0 Å². The predicted molar refractivity (Wildman–Crippen MR) is 77.2 cm³/mol. The second-order valence-corrected chi connectivity index (χ2v) is 6.60. The van der Waals surface area contributed by atoms with Gasteiger partial charge in [-0.05, 0) is 48.8 Å². The standard InChI is InChI=1S/C16H18F4N2O/c17-13-2-1-11(7-12(13)16(18,19)20)22-6-3-10(9-22)15(4-5-15)8-14(21)23/h1-2,7,10H,3-6,8-9H2,(H2,21,23)/t10-/m0/s1. The smallest absolute Gasteiger partial charge is 0.371 e. The van der Waals surface area contributed by atoms with Gasteiger partial charge in [-0.15, -0.1) is 0 Å². The Morgan fingerprint density at radius 1 is 1.35 bits per heavy atom. The Morgan fingerprint density at radius 3 is 2.61 bits per heavy atom. The van der Waals surface area contributed by atoms with Crippen LogP contribution in [-0.4, -0.2) is 19.0 Å². The molecule has 7 heteroatoms. The second-order valence-electron chi connectivity index (χ2n) is 6.60. The van der Waals surface area contributed by atoms with Crippen LogP contribution in [0, 0.1) is 17.2 Å². The summed E-state index contributed by atoms with van der Waals surface area (Å²) in [6.07, 6.45) is -1.69. The van der Waals surface area contributed by atoms with Gasteiger partial charge in [-0.1, -0.05) is 0 Å². The molecule has 2 aliphatic rings. The molecule has 23 heavy (non-hydrogen) atoms. The van der Waals surface area contributed by atoms with Crippen molar-refractivity contribution in [2.24, 2.45) is 17.1 Å². The van der Waals surface area contributed by atoms with Crippen LogP contribution in [0.5, 0.6) is 0 Å². The Bertz CT molecular complexity index is 625. The lowest BCUT2D eigenvalue weighted by atomic mass is 9.85. The molecule has 1 aromatic rings. The largest absolute Gasteiger partial charge is 0.419 e. The van der Waals surface area contributed by atoms with Crippen molar-refractivity contribution in [3.63, 3.8) is 0 Å². The van der Waals surface area contributed by atoms with Crippen LogP contribution in [0.2, 0.25) is 0 Å². The highest BCUT2D eigenvalue weighted by atomic mass is 19.4. The van der Waals surface area contributed by atoms with Gasteiger partial charge in [0, 0.05) is 25.2 Å². The number of benzene rings is 1. The zero-order valence-electron chi connectivity index (χ0n) is 12.5. The van der Waals surface area contributed by atoms with Gasteiger partial charge in [-0.3, -0.25) is 4.79 Å². The van der Waals surface area contributed by atoms with E-state index in [0.29, 0.717) is 25.2 Å². The summed E-state index contributed by atoms with van der Waals surface area (Å²) < 4.78 is 51.9. The second kappa shape index (κ2) is 5.39. The van der Waals surface area contributed by atoms with E-state index < -0.39 is 17.6 Å². The lowest BCUT2D eigenvalue weighted by Crippen LogP contribution is -2.27. The number of carbonyl (C=O) groups is 1. The van der Waals surface area contributed by atoms with E-state index in [0.717, 1.165) is 31.4 Å². The number of hydrogen-bond acceptors (Lipinski definition) is 2. The molecule has 1 saturated heterocycles. The number of carbonyl (C=O) groups excluding carboxylic acids is 1. The van der Waals surface area contributed by atoms with Gasteiger partial charge in [0.1, 0.15) is 5.82 Å². The first-order valence-corrected chi connectivity index (χ1v) is 7.61. The van der Waals surface area contributed by atoms with E-state index in [1.165, 1.54) is 6.07 Å².